The average Bonchev–Trinajstić information content (AvgIpc) is 3.18. The molecule has 0 spiro atoms. The number of aromatic hydroxyl groups is 1. The number of methoxy groups -OCH3 is 1. The molecule has 1 aromatic heterocycles. The minimum Gasteiger partial charge on any atom is -0.497 e. The van der Waals surface area contributed by atoms with Gasteiger partial charge in [-0.25, -0.2) is 4.79 Å². The summed E-state index contributed by atoms with van der Waals surface area (Å²) in [6.45, 7) is 1.79. The number of urea groups is 1. The van der Waals surface area contributed by atoms with Crippen LogP contribution in [0.2, 0.25) is 5.02 Å². The third-order valence-electron chi connectivity index (χ3n) is 5.01. The zero-order valence-electron chi connectivity index (χ0n) is 16.2. The van der Waals surface area contributed by atoms with Crippen molar-refractivity contribution < 1.29 is 19.4 Å². The molecule has 7 nitrogen and oxygen atoms in total. The summed E-state index contributed by atoms with van der Waals surface area (Å²) in [5.41, 5.74) is -0.0424. The van der Waals surface area contributed by atoms with E-state index in [2.05, 4.69) is 22.5 Å². The number of carbonyl (C=O) groups is 2. The lowest BCUT2D eigenvalue weighted by molar-refractivity contribution is -0.122. The second kappa shape index (κ2) is 7.32. The van der Waals surface area contributed by atoms with Crippen molar-refractivity contribution in [3.63, 3.8) is 0 Å². The maximum atomic E-state index is 12.6. The van der Waals surface area contributed by atoms with Gasteiger partial charge in [0.25, 0.3) is 5.91 Å². The van der Waals surface area contributed by atoms with Crippen molar-refractivity contribution in [2.75, 3.05) is 7.11 Å². The molecule has 2 aromatic carbocycles. The summed E-state index contributed by atoms with van der Waals surface area (Å²) < 4.78 is 6.68. The number of imide groups is 1. The van der Waals surface area contributed by atoms with E-state index >= 15 is 0 Å². The highest BCUT2D eigenvalue weighted by Crippen LogP contribution is 2.32. The second-order valence-electron chi connectivity index (χ2n) is 7.06. The van der Waals surface area contributed by atoms with Crippen LogP contribution in [0.15, 0.2) is 42.6 Å². The van der Waals surface area contributed by atoms with E-state index in [-0.39, 0.29) is 12.4 Å². The molecule has 2 heterocycles. The molecule has 30 heavy (non-hydrogen) atoms. The van der Waals surface area contributed by atoms with Crippen molar-refractivity contribution in [3.05, 3.63) is 58.7 Å². The van der Waals surface area contributed by atoms with Gasteiger partial charge in [0.2, 0.25) is 5.54 Å². The second-order valence-corrected chi connectivity index (χ2v) is 7.47. The van der Waals surface area contributed by atoms with Crippen LogP contribution >= 0.6 is 11.6 Å². The first-order valence-corrected chi connectivity index (χ1v) is 9.48. The Morgan fingerprint density at radius 3 is 2.70 bits per heavy atom. The minimum atomic E-state index is -1.55. The van der Waals surface area contributed by atoms with Crippen LogP contribution < -0.4 is 15.4 Å². The fourth-order valence-electron chi connectivity index (χ4n) is 3.31. The Morgan fingerprint density at radius 1 is 1.23 bits per heavy atom. The van der Waals surface area contributed by atoms with Crippen molar-refractivity contribution in [1.82, 2.24) is 15.2 Å². The molecule has 1 fully saturated rings. The number of halogens is 1. The number of hydrogen-bond acceptors (Lipinski definition) is 4. The number of hydrogen-bond donors (Lipinski definition) is 3. The number of aryl methyl sites for hydroxylation is 1. The molecule has 3 amide bonds. The zero-order chi connectivity index (χ0) is 21.5. The number of rotatable bonds is 3. The highest BCUT2D eigenvalue weighted by molar-refractivity contribution is 6.31. The number of ether oxygens (including phenoxy) is 1. The molecule has 1 saturated heterocycles. The van der Waals surface area contributed by atoms with E-state index in [1.807, 2.05) is 13.0 Å². The molecule has 0 aliphatic carbocycles. The van der Waals surface area contributed by atoms with E-state index in [1.165, 1.54) is 11.7 Å². The predicted octanol–water partition coefficient (Wildman–Crippen LogP) is 2.95. The maximum absolute atomic E-state index is 12.6. The van der Waals surface area contributed by atoms with Crippen molar-refractivity contribution >= 4 is 34.3 Å². The SMILES string of the molecule is COc1ccc2cn(C[C@@]3(C#Cc4ccc(C)c(Cl)c4)NC(=O)NC3=O)c(O)c2c1. The highest BCUT2D eigenvalue weighted by atomic mass is 35.5. The lowest BCUT2D eigenvalue weighted by atomic mass is 9.99. The van der Waals surface area contributed by atoms with Crippen molar-refractivity contribution in [3.8, 4) is 23.5 Å². The first-order chi connectivity index (χ1) is 14.3. The molecule has 152 valence electrons. The van der Waals surface area contributed by atoms with Gasteiger partial charge in [-0.15, -0.1) is 0 Å². The van der Waals surface area contributed by atoms with Crippen LogP contribution in [0.1, 0.15) is 11.1 Å². The standard InChI is InChI=1S/C22H18ClN3O4/c1-13-3-4-14(9-18(13)23)7-8-22(20(28)24-21(29)25-22)12-26-11-15-5-6-16(30-2)10-17(15)19(26)27/h3-6,9-11,27H,12H2,1-2H3,(H2,24,25,28,29)/t22-/m1/s1. The molecular weight excluding hydrogens is 406 g/mol. The Hall–Kier alpha value is -3.63. The smallest absolute Gasteiger partial charge is 0.323 e. The van der Waals surface area contributed by atoms with Gasteiger partial charge in [-0.1, -0.05) is 29.5 Å². The van der Waals surface area contributed by atoms with Gasteiger partial charge in [-0.05, 0) is 42.8 Å². The van der Waals surface area contributed by atoms with Gasteiger partial charge in [-0.2, -0.15) is 0 Å². The molecule has 0 radical (unpaired) electrons. The molecule has 1 aliphatic heterocycles. The fraction of sp³-hybridized carbons (Fsp3) is 0.182. The molecule has 1 aliphatic rings. The van der Waals surface area contributed by atoms with Gasteiger partial charge < -0.3 is 19.7 Å². The summed E-state index contributed by atoms with van der Waals surface area (Å²) in [6.07, 6.45) is 1.69. The molecule has 8 heteroatoms. The first kappa shape index (κ1) is 19.7. The average molecular weight is 424 g/mol. The number of aromatic nitrogens is 1. The van der Waals surface area contributed by atoms with E-state index in [1.54, 1.807) is 36.5 Å². The van der Waals surface area contributed by atoms with Crippen molar-refractivity contribution in [2.45, 2.75) is 19.0 Å². The molecule has 1 atom stereocenters. The monoisotopic (exact) mass is 423 g/mol. The Kier molecular flexibility index (Phi) is 4.80. The zero-order valence-corrected chi connectivity index (χ0v) is 17.0. The van der Waals surface area contributed by atoms with Crippen LogP contribution in [0.25, 0.3) is 10.8 Å². The number of benzene rings is 2. The largest absolute Gasteiger partial charge is 0.497 e. The van der Waals surface area contributed by atoms with E-state index in [4.69, 9.17) is 16.3 Å². The molecule has 0 bridgehead atoms. The van der Waals surface area contributed by atoms with Gasteiger partial charge in [0.15, 0.2) is 5.88 Å². The number of nitrogens with one attached hydrogen (secondary N) is 2. The Bertz CT molecular complexity index is 1250. The van der Waals surface area contributed by atoms with Gasteiger partial charge in [-0.3, -0.25) is 10.1 Å². The van der Waals surface area contributed by atoms with Crippen LogP contribution in [0.3, 0.4) is 0 Å². The van der Waals surface area contributed by atoms with Crippen molar-refractivity contribution in [2.24, 2.45) is 0 Å². The lowest BCUT2D eigenvalue weighted by Crippen LogP contribution is -2.49. The maximum Gasteiger partial charge on any atom is 0.323 e. The van der Waals surface area contributed by atoms with Crippen LogP contribution in [0, 0.1) is 18.8 Å². The summed E-state index contributed by atoms with van der Waals surface area (Å²) in [4.78, 5) is 24.5. The Balaban J connectivity index is 1.76. The Labute approximate surface area is 177 Å². The fourth-order valence-corrected chi connectivity index (χ4v) is 3.49. The number of nitrogens with zero attached hydrogens (tertiary/aromatic N) is 1. The predicted molar refractivity (Wildman–Crippen MR) is 113 cm³/mol. The van der Waals surface area contributed by atoms with Gasteiger partial charge in [0, 0.05) is 27.6 Å². The van der Waals surface area contributed by atoms with Crippen LogP contribution in [0.4, 0.5) is 4.79 Å². The summed E-state index contributed by atoms with van der Waals surface area (Å²) in [5.74, 6) is 5.73. The molecule has 3 aromatic rings. The van der Waals surface area contributed by atoms with E-state index in [9.17, 15) is 14.7 Å². The van der Waals surface area contributed by atoms with Crippen LogP contribution in [0.5, 0.6) is 11.6 Å². The van der Waals surface area contributed by atoms with Crippen LogP contribution in [-0.2, 0) is 11.3 Å². The summed E-state index contributed by atoms with van der Waals surface area (Å²) in [5, 5.41) is 17.4. The molecule has 3 N–H and O–H groups in total. The normalized spacial score (nSPS) is 18.0. The van der Waals surface area contributed by atoms with E-state index in [0.29, 0.717) is 21.7 Å². The summed E-state index contributed by atoms with van der Waals surface area (Å²) in [7, 11) is 1.54. The highest BCUT2D eigenvalue weighted by Gasteiger charge is 2.46. The number of fused-ring (bicyclic) bond motifs is 1. The molecule has 4 rings (SSSR count). The quantitative estimate of drug-likeness (QED) is 0.446. The minimum absolute atomic E-state index is 0.0580. The summed E-state index contributed by atoms with van der Waals surface area (Å²) >= 11 is 6.15. The van der Waals surface area contributed by atoms with Crippen LogP contribution in [-0.4, -0.2) is 34.3 Å². The molecule has 0 unspecified atom stereocenters. The topological polar surface area (TPSA) is 92.6 Å². The lowest BCUT2D eigenvalue weighted by Gasteiger charge is -2.20. The number of carbonyl (C=O) groups excluding carboxylic acids is 2. The first-order valence-electron chi connectivity index (χ1n) is 9.10. The van der Waals surface area contributed by atoms with Gasteiger partial charge >= 0.3 is 6.03 Å². The van der Waals surface area contributed by atoms with Gasteiger partial charge in [0.1, 0.15) is 5.75 Å². The molecular formula is C22H18ClN3O4. The van der Waals surface area contributed by atoms with E-state index < -0.39 is 17.5 Å². The summed E-state index contributed by atoms with van der Waals surface area (Å²) in [6, 6.07) is 9.92. The van der Waals surface area contributed by atoms with Crippen molar-refractivity contribution in [1.29, 1.82) is 0 Å². The third kappa shape index (κ3) is 3.42. The van der Waals surface area contributed by atoms with E-state index in [0.717, 1.165) is 10.9 Å². The molecule has 0 saturated carbocycles. The third-order valence-corrected chi connectivity index (χ3v) is 5.42. The van der Waals surface area contributed by atoms with Gasteiger partial charge in [0.05, 0.1) is 13.7 Å². The number of amides is 3. The Morgan fingerprint density at radius 2 is 2.03 bits per heavy atom.